The van der Waals surface area contributed by atoms with Gasteiger partial charge in [-0.25, -0.2) is 0 Å². The van der Waals surface area contributed by atoms with Gasteiger partial charge in [-0.05, 0) is 17.2 Å². The maximum atomic E-state index is 10.6. The van der Waals surface area contributed by atoms with Crippen molar-refractivity contribution in [3.63, 3.8) is 0 Å². The molecule has 0 bridgehead atoms. The maximum Gasteiger partial charge on any atom is 0.125 e. The van der Waals surface area contributed by atoms with Crippen LogP contribution >= 0.6 is 0 Å². The average Bonchev–Trinajstić information content (AvgIpc) is 2.67. The van der Waals surface area contributed by atoms with Crippen LogP contribution in [0.5, 0.6) is 5.75 Å². The van der Waals surface area contributed by atoms with Crippen LogP contribution in [0.3, 0.4) is 0 Å². The van der Waals surface area contributed by atoms with Gasteiger partial charge in [-0.3, -0.25) is 0 Å². The highest BCUT2D eigenvalue weighted by Crippen LogP contribution is 2.34. The van der Waals surface area contributed by atoms with Crippen molar-refractivity contribution in [2.24, 2.45) is 0 Å². The van der Waals surface area contributed by atoms with Gasteiger partial charge in [0.15, 0.2) is 0 Å². The lowest BCUT2D eigenvalue weighted by atomic mass is 9.98. The van der Waals surface area contributed by atoms with Crippen LogP contribution in [0.15, 0.2) is 84.9 Å². The molecule has 122 valence electrons. The summed E-state index contributed by atoms with van der Waals surface area (Å²) in [6.07, 6.45) is -2.06. The zero-order valence-electron chi connectivity index (χ0n) is 13.2. The lowest BCUT2D eigenvalue weighted by molar-refractivity contribution is 0.0154. The first-order chi connectivity index (χ1) is 11.8. The van der Waals surface area contributed by atoms with Crippen molar-refractivity contribution in [2.75, 3.05) is 0 Å². The lowest BCUT2D eigenvalue weighted by Crippen LogP contribution is -2.12. The predicted molar refractivity (Wildman–Crippen MR) is 93.6 cm³/mol. The van der Waals surface area contributed by atoms with Crippen LogP contribution in [-0.2, 0) is 6.61 Å². The fourth-order valence-corrected chi connectivity index (χ4v) is 2.59. The van der Waals surface area contributed by atoms with E-state index < -0.39 is 12.2 Å². The molecule has 0 amide bonds. The number of ether oxygens (including phenoxy) is 1. The molecule has 0 fully saturated rings. The Bertz CT molecular complexity index is 756. The molecule has 3 aromatic carbocycles. The van der Waals surface area contributed by atoms with Crippen molar-refractivity contribution in [1.82, 2.24) is 0 Å². The maximum absolute atomic E-state index is 10.6. The van der Waals surface area contributed by atoms with Crippen LogP contribution in [0, 0.1) is 0 Å². The Labute approximate surface area is 141 Å². The first kappa shape index (κ1) is 16.2. The number of aliphatic hydroxyl groups excluding tert-OH is 2. The van der Waals surface area contributed by atoms with Gasteiger partial charge < -0.3 is 14.9 Å². The largest absolute Gasteiger partial charge is 0.489 e. The Balaban J connectivity index is 1.78. The minimum absolute atomic E-state index is 0.409. The van der Waals surface area contributed by atoms with Crippen molar-refractivity contribution in [2.45, 2.75) is 18.8 Å². The Kier molecular flexibility index (Phi) is 5.26. The highest BCUT2D eigenvalue weighted by Gasteiger charge is 2.23. The van der Waals surface area contributed by atoms with Crippen molar-refractivity contribution >= 4 is 0 Å². The van der Waals surface area contributed by atoms with Crippen molar-refractivity contribution in [1.29, 1.82) is 0 Å². The summed E-state index contributed by atoms with van der Waals surface area (Å²) in [5.74, 6) is 0.573. The van der Waals surface area contributed by atoms with E-state index in [9.17, 15) is 10.2 Å². The molecule has 0 aromatic heterocycles. The Morgan fingerprint density at radius 2 is 1.25 bits per heavy atom. The summed E-state index contributed by atoms with van der Waals surface area (Å²) in [6, 6.07) is 26.2. The van der Waals surface area contributed by atoms with E-state index in [-0.39, 0.29) is 0 Å². The molecule has 24 heavy (non-hydrogen) atoms. The normalized spacial score (nSPS) is 13.2. The molecule has 0 radical (unpaired) electrons. The fraction of sp³-hybridized carbons (Fsp3) is 0.143. The molecule has 0 unspecified atom stereocenters. The number of rotatable bonds is 6. The molecule has 3 heteroatoms. The third-order valence-corrected chi connectivity index (χ3v) is 3.91. The highest BCUT2D eigenvalue weighted by atomic mass is 16.5. The molecule has 0 aliphatic carbocycles. The molecular weight excluding hydrogens is 300 g/mol. The zero-order valence-corrected chi connectivity index (χ0v) is 13.2. The highest BCUT2D eigenvalue weighted by molar-refractivity contribution is 5.37. The number of aliphatic hydroxyl groups is 2. The van der Waals surface area contributed by atoms with Gasteiger partial charge in [-0.2, -0.15) is 0 Å². The molecule has 3 rings (SSSR count). The molecule has 0 aliphatic rings. The van der Waals surface area contributed by atoms with E-state index in [1.165, 1.54) is 0 Å². The number of benzene rings is 3. The standard InChI is InChI=1S/C21H20O3/c22-20(17-11-5-2-6-12-17)21(23)18-13-7-8-14-19(18)24-15-16-9-3-1-4-10-16/h1-14,20-23H,15H2/t20-,21-/m1/s1. The number of hydrogen-bond acceptors (Lipinski definition) is 3. The topological polar surface area (TPSA) is 49.7 Å². The predicted octanol–water partition coefficient (Wildman–Crippen LogP) is 4.03. The summed E-state index contributed by atoms with van der Waals surface area (Å²) in [5, 5.41) is 21.0. The minimum Gasteiger partial charge on any atom is -0.489 e. The average molecular weight is 320 g/mol. The van der Waals surface area contributed by atoms with Gasteiger partial charge >= 0.3 is 0 Å². The molecule has 2 atom stereocenters. The molecule has 0 spiro atoms. The van der Waals surface area contributed by atoms with Crippen LogP contribution < -0.4 is 4.74 Å². The van der Waals surface area contributed by atoms with E-state index >= 15 is 0 Å². The number of para-hydroxylation sites is 1. The summed E-state index contributed by atoms with van der Waals surface area (Å²) >= 11 is 0. The van der Waals surface area contributed by atoms with Crippen LogP contribution in [0.2, 0.25) is 0 Å². The second-order valence-corrected chi connectivity index (χ2v) is 5.61. The van der Waals surface area contributed by atoms with Gasteiger partial charge in [-0.15, -0.1) is 0 Å². The third kappa shape index (κ3) is 3.82. The molecule has 0 heterocycles. The fourth-order valence-electron chi connectivity index (χ4n) is 2.59. The summed E-state index contributed by atoms with van der Waals surface area (Å²) < 4.78 is 5.86. The van der Waals surface area contributed by atoms with Crippen LogP contribution in [-0.4, -0.2) is 10.2 Å². The zero-order chi connectivity index (χ0) is 16.8. The molecule has 0 saturated carbocycles. The summed E-state index contributed by atoms with van der Waals surface area (Å²) in [7, 11) is 0. The van der Waals surface area contributed by atoms with E-state index in [0.29, 0.717) is 23.5 Å². The first-order valence-corrected chi connectivity index (χ1v) is 7.92. The third-order valence-electron chi connectivity index (χ3n) is 3.91. The molecule has 0 saturated heterocycles. The van der Waals surface area contributed by atoms with Crippen molar-refractivity contribution < 1.29 is 14.9 Å². The molecule has 2 N–H and O–H groups in total. The first-order valence-electron chi connectivity index (χ1n) is 7.92. The van der Waals surface area contributed by atoms with Crippen molar-refractivity contribution in [3.8, 4) is 5.75 Å². The summed E-state index contributed by atoms with van der Waals surface area (Å²) in [4.78, 5) is 0. The lowest BCUT2D eigenvalue weighted by Gasteiger charge is -2.21. The van der Waals surface area contributed by atoms with Gasteiger partial charge in [0.2, 0.25) is 0 Å². The molecule has 3 nitrogen and oxygen atoms in total. The Morgan fingerprint density at radius 3 is 1.96 bits per heavy atom. The Morgan fingerprint density at radius 1 is 0.667 bits per heavy atom. The van der Waals surface area contributed by atoms with Gasteiger partial charge in [0.1, 0.15) is 24.6 Å². The molecular formula is C21H20O3. The SMILES string of the molecule is O[C@H](c1ccccc1)[C@H](O)c1ccccc1OCc1ccccc1. The van der Waals surface area contributed by atoms with Gasteiger partial charge in [-0.1, -0.05) is 78.9 Å². The van der Waals surface area contributed by atoms with Crippen LogP contribution in [0.25, 0.3) is 0 Å². The van der Waals surface area contributed by atoms with E-state index in [2.05, 4.69) is 0 Å². The van der Waals surface area contributed by atoms with Gasteiger partial charge in [0.05, 0.1) is 0 Å². The monoisotopic (exact) mass is 320 g/mol. The molecule has 0 aliphatic heterocycles. The summed E-state index contributed by atoms with van der Waals surface area (Å²) in [6.45, 7) is 0.409. The molecule has 3 aromatic rings. The van der Waals surface area contributed by atoms with Crippen LogP contribution in [0.4, 0.5) is 0 Å². The van der Waals surface area contributed by atoms with E-state index in [4.69, 9.17) is 4.74 Å². The summed E-state index contributed by atoms with van der Waals surface area (Å²) in [5.41, 5.74) is 2.29. The van der Waals surface area contributed by atoms with Crippen LogP contribution in [0.1, 0.15) is 28.9 Å². The second-order valence-electron chi connectivity index (χ2n) is 5.61. The minimum atomic E-state index is -1.06. The van der Waals surface area contributed by atoms with Crippen molar-refractivity contribution in [3.05, 3.63) is 102 Å². The Hall–Kier alpha value is -2.62. The number of hydrogen-bond donors (Lipinski definition) is 2. The smallest absolute Gasteiger partial charge is 0.125 e. The second kappa shape index (κ2) is 7.77. The quantitative estimate of drug-likeness (QED) is 0.721. The van der Waals surface area contributed by atoms with Gasteiger partial charge in [0, 0.05) is 5.56 Å². The van der Waals surface area contributed by atoms with E-state index in [0.717, 1.165) is 5.56 Å². The van der Waals surface area contributed by atoms with Gasteiger partial charge in [0.25, 0.3) is 0 Å². The van der Waals surface area contributed by atoms with E-state index in [1.807, 2.05) is 60.7 Å². The van der Waals surface area contributed by atoms with E-state index in [1.54, 1.807) is 24.3 Å².